The second kappa shape index (κ2) is 9.13. The van der Waals surface area contributed by atoms with E-state index in [1.54, 1.807) is 36.4 Å². The summed E-state index contributed by atoms with van der Waals surface area (Å²) in [5, 5.41) is 6.25. The number of carbonyl (C=O) groups is 1. The van der Waals surface area contributed by atoms with Crippen molar-refractivity contribution in [2.24, 2.45) is 0 Å². The van der Waals surface area contributed by atoms with Crippen LogP contribution in [-0.2, 0) is 21.2 Å². The number of nitrogens with zero attached hydrogens (tertiary/aromatic N) is 2. The number of aromatic nitrogens is 2. The molecule has 1 N–H and O–H groups in total. The number of sulfone groups is 1. The zero-order valence-electron chi connectivity index (χ0n) is 17.4. The van der Waals surface area contributed by atoms with Crippen molar-refractivity contribution >= 4 is 21.4 Å². The smallest absolute Gasteiger partial charge is 0.267 e. The number of hydrogen-bond donors (Lipinski definition) is 1. The number of benzene rings is 2. The maximum Gasteiger partial charge on any atom is 0.267 e. The maximum atomic E-state index is 12.9. The first-order valence-corrected chi connectivity index (χ1v) is 11.1. The highest BCUT2D eigenvalue weighted by Gasteiger charge is 2.21. The van der Waals surface area contributed by atoms with Crippen LogP contribution in [0.25, 0.3) is 0 Å². The summed E-state index contributed by atoms with van der Waals surface area (Å²) in [6.45, 7) is 3.58. The molecule has 0 spiro atoms. The molecule has 0 saturated carbocycles. The highest BCUT2D eigenvalue weighted by atomic mass is 32.2. The van der Waals surface area contributed by atoms with E-state index in [-0.39, 0.29) is 15.8 Å². The van der Waals surface area contributed by atoms with Crippen LogP contribution < -0.4 is 15.6 Å². The lowest BCUT2D eigenvalue weighted by molar-refractivity contribution is -0.117. The van der Waals surface area contributed by atoms with E-state index in [0.717, 1.165) is 22.4 Å². The zero-order valence-corrected chi connectivity index (χ0v) is 18.2. The molecule has 1 amide bonds. The Kier molecular flexibility index (Phi) is 6.55. The van der Waals surface area contributed by atoms with E-state index in [0.29, 0.717) is 11.4 Å². The van der Waals surface area contributed by atoms with Gasteiger partial charge >= 0.3 is 0 Å². The molecule has 0 bridgehead atoms. The van der Waals surface area contributed by atoms with Gasteiger partial charge in [-0.3, -0.25) is 9.59 Å². The molecule has 0 aliphatic rings. The third kappa shape index (κ3) is 5.18. The summed E-state index contributed by atoms with van der Waals surface area (Å²) in [6, 6.07) is 15.5. The molecule has 0 saturated heterocycles. The standard InChI is InChI=1S/C22H23N3O5S/c1-15(2)16-7-9-19(10-8-16)31(28,29)21-11-12-22(27)25(24-21)14-20(26)23-17-5-4-6-18(13-17)30-3/h4-13,15H,14H2,1-3H3,(H,23,26). The summed E-state index contributed by atoms with van der Waals surface area (Å²) in [6.07, 6.45) is 0. The largest absolute Gasteiger partial charge is 0.497 e. The third-order valence-electron chi connectivity index (χ3n) is 4.62. The van der Waals surface area contributed by atoms with Gasteiger partial charge in [0.2, 0.25) is 15.7 Å². The lowest BCUT2D eigenvalue weighted by Gasteiger charge is -2.10. The predicted molar refractivity (Wildman–Crippen MR) is 116 cm³/mol. The van der Waals surface area contributed by atoms with E-state index in [2.05, 4.69) is 10.4 Å². The Bertz CT molecular complexity index is 1250. The minimum Gasteiger partial charge on any atom is -0.497 e. The van der Waals surface area contributed by atoms with Crippen molar-refractivity contribution in [1.82, 2.24) is 9.78 Å². The molecule has 3 rings (SSSR count). The molecule has 31 heavy (non-hydrogen) atoms. The van der Waals surface area contributed by atoms with Gasteiger partial charge in [-0.05, 0) is 41.8 Å². The molecule has 162 valence electrons. The average Bonchev–Trinajstić information content (AvgIpc) is 2.75. The number of methoxy groups -OCH3 is 1. The van der Waals surface area contributed by atoms with Crippen molar-refractivity contribution in [2.45, 2.75) is 36.2 Å². The van der Waals surface area contributed by atoms with Gasteiger partial charge in [0.05, 0.1) is 12.0 Å². The van der Waals surface area contributed by atoms with Crippen molar-refractivity contribution in [3.63, 3.8) is 0 Å². The summed E-state index contributed by atoms with van der Waals surface area (Å²) in [4.78, 5) is 24.6. The van der Waals surface area contributed by atoms with Gasteiger partial charge in [0.25, 0.3) is 5.56 Å². The number of hydrogen-bond acceptors (Lipinski definition) is 6. The van der Waals surface area contributed by atoms with Crippen molar-refractivity contribution in [3.05, 3.63) is 76.6 Å². The van der Waals surface area contributed by atoms with Gasteiger partial charge in [0, 0.05) is 17.8 Å². The Balaban J connectivity index is 1.83. The Hall–Kier alpha value is -3.46. The van der Waals surface area contributed by atoms with Crippen LogP contribution in [0.1, 0.15) is 25.3 Å². The van der Waals surface area contributed by atoms with Crippen LogP contribution in [0.3, 0.4) is 0 Å². The van der Waals surface area contributed by atoms with Gasteiger partial charge in [-0.25, -0.2) is 13.1 Å². The van der Waals surface area contributed by atoms with Crippen LogP contribution >= 0.6 is 0 Å². The van der Waals surface area contributed by atoms with Crippen LogP contribution in [-0.4, -0.2) is 31.2 Å². The molecule has 8 nitrogen and oxygen atoms in total. The number of carbonyl (C=O) groups excluding carboxylic acids is 1. The fourth-order valence-corrected chi connectivity index (χ4v) is 4.07. The second-order valence-electron chi connectivity index (χ2n) is 7.17. The van der Waals surface area contributed by atoms with E-state index in [1.807, 2.05) is 13.8 Å². The molecule has 0 aliphatic carbocycles. The van der Waals surface area contributed by atoms with Gasteiger partial charge in [-0.1, -0.05) is 32.0 Å². The van der Waals surface area contributed by atoms with E-state index >= 15 is 0 Å². The van der Waals surface area contributed by atoms with Crippen molar-refractivity contribution in [1.29, 1.82) is 0 Å². The quantitative estimate of drug-likeness (QED) is 0.604. The number of rotatable bonds is 7. The summed E-state index contributed by atoms with van der Waals surface area (Å²) in [5.41, 5.74) is 0.896. The molecule has 0 atom stereocenters. The first-order valence-electron chi connectivity index (χ1n) is 9.58. The van der Waals surface area contributed by atoms with Crippen LogP contribution in [0.4, 0.5) is 5.69 Å². The third-order valence-corrected chi connectivity index (χ3v) is 6.28. The Morgan fingerprint density at radius 1 is 1.10 bits per heavy atom. The predicted octanol–water partition coefficient (Wildman–Crippen LogP) is 2.85. The Morgan fingerprint density at radius 3 is 2.45 bits per heavy atom. The molecule has 0 unspecified atom stereocenters. The van der Waals surface area contributed by atoms with Crippen molar-refractivity contribution < 1.29 is 17.9 Å². The molecular formula is C22H23N3O5S. The fourth-order valence-electron chi connectivity index (χ4n) is 2.88. The highest BCUT2D eigenvalue weighted by molar-refractivity contribution is 7.91. The number of ether oxygens (including phenoxy) is 1. The van der Waals surface area contributed by atoms with Gasteiger partial charge in [0.15, 0.2) is 5.03 Å². The Morgan fingerprint density at radius 2 is 1.81 bits per heavy atom. The van der Waals surface area contributed by atoms with Gasteiger partial charge < -0.3 is 10.1 Å². The van der Waals surface area contributed by atoms with E-state index in [9.17, 15) is 18.0 Å². The van der Waals surface area contributed by atoms with Gasteiger partial charge in [0.1, 0.15) is 12.3 Å². The number of amides is 1. The maximum absolute atomic E-state index is 12.9. The minimum atomic E-state index is -3.94. The lowest BCUT2D eigenvalue weighted by atomic mass is 10.0. The molecule has 1 heterocycles. The van der Waals surface area contributed by atoms with Gasteiger partial charge in [-0.15, -0.1) is 0 Å². The molecule has 0 fully saturated rings. The van der Waals surface area contributed by atoms with Crippen LogP contribution in [0.2, 0.25) is 0 Å². The van der Waals surface area contributed by atoms with Gasteiger partial charge in [-0.2, -0.15) is 5.10 Å². The van der Waals surface area contributed by atoms with Crippen molar-refractivity contribution in [2.75, 3.05) is 12.4 Å². The number of anilines is 1. The molecule has 2 aromatic carbocycles. The average molecular weight is 442 g/mol. The molecule has 3 aromatic rings. The minimum absolute atomic E-state index is 0.0652. The number of nitrogens with one attached hydrogen (secondary N) is 1. The Labute approximate surface area is 180 Å². The molecule has 9 heteroatoms. The first-order chi connectivity index (χ1) is 14.7. The van der Waals surface area contributed by atoms with E-state index in [4.69, 9.17) is 4.74 Å². The normalized spacial score (nSPS) is 11.4. The fraction of sp³-hybridized carbons (Fsp3) is 0.227. The second-order valence-corrected chi connectivity index (χ2v) is 9.07. The SMILES string of the molecule is COc1cccc(NC(=O)Cn2nc(S(=O)(=O)c3ccc(C(C)C)cc3)ccc2=O)c1. The summed E-state index contributed by atoms with van der Waals surface area (Å²) < 4.78 is 31.8. The molecule has 0 radical (unpaired) electrons. The summed E-state index contributed by atoms with van der Waals surface area (Å²) >= 11 is 0. The summed E-state index contributed by atoms with van der Waals surface area (Å²) in [5.74, 6) is 0.295. The molecule has 1 aromatic heterocycles. The molecular weight excluding hydrogens is 418 g/mol. The highest BCUT2D eigenvalue weighted by Crippen LogP contribution is 2.21. The van der Waals surface area contributed by atoms with Crippen LogP contribution in [0.5, 0.6) is 5.75 Å². The topological polar surface area (TPSA) is 107 Å². The van der Waals surface area contributed by atoms with Crippen molar-refractivity contribution in [3.8, 4) is 5.75 Å². The monoisotopic (exact) mass is 441 g/mol. The van der Waals surface area contributed by atoms with Crippen LogP contribution in [0.15, 0.2) is 75.4 Å². The van der Waals surface area contributed by atoms with E-state index < -0.39 is 27.8 Å². The van der Waals surface area contributed by atoms with Crippen LogP contribution in [0, 0.1) is 0 Å². The summed E-state index contributed by atoms with van der Waals surface area (Å²) in [7, 11) is -2.44. The first kappa shape index (κ1) is 22.2. The zero-order chi connectivity index (χ0) is 22.6. The lowest BCUT2D eigenvalue weighted by Crippen LogP contribution is -2.30. The van der Waals surface area contributed by atoms with E-state index in [1.165, 1.54) is 19.2 Å². The molecule has 0 aliphatic heterocycles.